The van der Waals surface area contributed by atoms with Crippen molar-refractivity contribution in [2.45, 2.75) is 25.0 Å². The van der Waals surface area contributed by atoms with Crippen LogP contribution in [-0.4, -0.2) is 40.9 Å². The van der Waals surface area contributed by atoms with Crippen LogP contribution in [0.2, 0.25) is 0 Å². The minimum absolute atomic E-state index is 0.00923. The number of nitrogens with one attached hydrogen (secondary N) is 3. The van der Waals surface area contributed by atoms with E-state index in [0.717, 1.165) is 25.9 Å². The first kappa shape index (κ1) is 15.0. The highest BCUT2D eigenvalue weighted by Crippen LogP contribution is 2.28. The van der Waals surface area contributed by atoms with Gasteiger partial charge in [-0.05, 0) is 43.6 Å². The van der Waals surface area contributed by atoms with Crippen molar-refractivity contribution in [2.24, 2.45) is 0 Å². The zero-order valence-corrected chi connectivity index (χ0v) is 12.3. The third-order valence-electron chi connectivity index (χ3n) is 4.20. The molecule has 5 N–H and O–H groups in total. The molecule has 0 radical (unpaired) electrons. The minimum Gasteiger partial charge on any atom is -0.506 e. The molecule has 0 bridgehead atoms. The molecule has 1 fully saturated rings. The van der Waals surface area contributed by atoms with Gasteiger partial charge in [-0.15, -0.1) is 0 Å². The van der Waals surface area contributed by atoms with E-state index >= 15 is 0 Å². The lowest BCUT2D eigenvalue weighted by Crippen LogP contribution is -2.41. The number of rotatable bonds is 4. The summed E-state index contributed by atoms with van der Waals surface area (Å²) in [5.41, 5.74) is 0.790. The Kier molecular flexibility index (Phi) is 4.42. The van der Waals surface area contributed by atoms with Gasteiger partial charge in [0.15, 0.2) is 0 Å². The van der Waals surface area contributed by atoms with E-state index in [4.69, 9.17) is 0 Å². The van der Waals surface area contributed by atoms with E-state index in [1.165, 1.54) is 12.1 Å². The highest BCUT2D eigenvalue weighted by Gasteiger charge is 2.17. The van der Waals surface area contributed by atoms with Crippen LogP contribution in [0.4, 0.5) is 0 Å². The van der Waals surface area contributed by atoms with Crippen LogP contribution in [0, 0.1) is 0 Å². The predicted octanol–water partition coefficient (Wildman–Crippen LogP) is 0.609. The molecule has 1 aromatic carbocycles. The number of hydrogen-bond donors (Lipinski definition) is 5. The number of aliphatic hydroxyl groups excluding tert-OH is 1. The summed E-state index contributed by atoms with van der Waals surface area (Å²) < 4.78 is 0. The summed E-state index contributed by atoms with van der Waals surface area (Å²) in [6.45, 7) is 2.44. The Balaban J connectivity index is 1.80. The number of hydrogen-bond acceptors (Lipinski definition) is 5. The Bertz CT molecular complexity index is 707. The number of aromatic hydroxyl groups is 1. The topological polar surface area (TPSA) is 97.4 Å². The van der Waals surface area contributed by atoms with Crippen LogP contribution >= 0.6 is 0 Å². The highest BCUT2D eigenvalue weighted by molar-refractivity contribution is 5.87. The first-order valence-electron chi connectivity index (χ1n) is 7.62. The predicted molar refractivity (Wildman–Crippen MR) is 85.1 cm³/mol. The number of phenols is 1. The van der Waals surface area contributed by atoms with Crippen LogP contribution in [0.5, 0.6) is 5.75 Å². The monoisotopic (exact) mass is 303 g/mol. The summed E-state index contributed by atoms with van der Waals surface area (Å²) >= 11 is 0. The fraction of sp³-hybridized carbons (Fsp3) is 0.438. The first-order valence-corrected chi connectivity index (χ1v) is 7.62. The molecular formula is C16H21N3O3. The molecule has 1 aliphatic heterocycles. The van der Waals surface area contributed by atoms with E-state index < -0.39 is 6.10 Å². The van der Waals surface area contributed by atoms with E-state index in [1.807, 2.05) is 0 Å². The van der Waals surface area contributed by atoms with Gasteiger partial charge in [0.25, 0.3) is 0 Å². The molecule has 3 rings (SSSR count). The lowest BCUT2D eigenvalue weighted by molar-refractivity contribution is 0.167. The molecule has 118 valence electrons. The molecule has 6 nitrogen and oxygen atoms in total. The smallest absolute Gasteiger partial charge is 0.248 e. The van der Waals surface area contributed by atoms with Gasteiger partial charge < -0.3 is 25.8 Å². The van der Waals surface area contributed by atoms with Gasteiger partial charge >= 0.3 is 0 Å². The number of pyridine rings is 1. The molecule has 22 heavy (non-hydrogen) atoms. The van der Waals surface area contributed by atoms with Crippen molar-refractivity contribution in [1.82, 2.24) is 15.6 Å². The minimum atomic E-state index is -0.691. The molecule has 0 spiro atoms. The number of phenolic OH excluding ortho intramolecular Hbond substituents is 1. The van der Waals surface area contributed by atoms with E-state index in [2.05, 4.69) is 15.6 Å². The van der Waals surface area contributed by atoms with Gasteiger partial charge in [0.2, 0.25) is 5.56 Å². The Labute approximate surface area is 128 Å². The Morgan fingerprint density at radius 2 is 2.00 bits per heavy atom. The zero-order valence-electron chi connectivity index (χ0n) is 12.3. The van der Waals surface area contributed by atoms with Crippen LogP contribution in [0.15, 0.2) is 29.1 Å². The van der Waals surface area contributed by atoms with Crippen LogP contribution in [0.1, 0.15) is 24.5 Å². The van der Waals surface area contributed by atoms with Gasteiger partial charge in [-0.25, -0.2) is 0 Å². The number of fused-ring (bicyclic) bond motifs is 1. The number of benzene rings is 1. The number of aromatic amines is 1. The molecule has 6 heteroatoms. The van der Waals surface area contributed by atoms with Crippen LogP contribution < -0.4 is 16.2 Å². The highest BCUT2D eigenvalue weighted by atomic mass is 16.3. The number of H-pyrrole nitrogens is 1. The van der Waals surface area contributed by atoms with Crippen LogP contribution in [0.25, 0.3) is 10.9 Å². The molecule has 0 aliphatic carbocycles. The van der Waals surface area contributed by atoms with Gasteiger partial charge in [-0.2, -0.15) is 0 Å². The second kappa shape index (κ2) is 6.48. The molecular weight excluding hydrogens is 282 g/mol. The van der Waals surface area contributed by atoms with Gasteiger partial charge in [-0.3, -0.25) is 4.79 Å². The molecule has 1 aliphatic rings. The molecule has 0 amide bonds. The van der Waals surface area contributed by atoms with Crippen molar-refractivity contribution in [1.29, 1.82) is 0 Å². The average molecular weight is 303 g/mol. The maximum Gasteiger partial charge on any atom is 0.248 e. The molecule has 0 saturated carbocycles. The third-order valence-corrected chi connectivity index (χ3v) is 4.20. The van der Waals surface area contributed by atoms with Crippen molar-refractivity contribution < 1.29 is 10.2 Å². The Hall–Kier alpha value is -1.89. The fourth-order valence-electron chi connectivity index (χ4n) is 2.96. The largest absolute Gasteiger partial charge is 0.506 e. The Morgan fingerprint density at radius 1 is 1.23 bits per heavy atom. The molecule has 2 heterocycles. The van der Waals surface area contributed by atoms with Crippen LogP contribution in [-0.2, 0) is 0 Å². The molecule has 1 saturated heterocycles. The summed E-state index contributed by atoms with van der Waals surface area (Å²) in [7, 11) is 0. The van der Waals surface area contributed by atoms with Crippen LogP contribution in [0.3, 0.4) is 0 Å². The van der Waals surface area contributed by atoms with Crippen molar-refractivity contribution in [2.75, 3.05) is 19.6 Å². The lowest BCUT2D eigenvalue weighted by Gasteiger charge is -2.25. The van der Waals surface area contributed by atoms with Gasteiger partial charge in [0.05, 0.1) is 11.6 Å². The van der Waals surface area contributed by atoms with Gasteiger partial charge in [0.1, 0.15) is 5.75 Å². The first-order chi connectivity index (χ1) is 10.6. The molecule has 1 aromatic heterocycles. The lowest BCUT2D eigenvalue weighted by atomic mass is 10.0. The van der Waals surface area contributed by atoms with Gasteiger partial charge in [-0.1, -0.05) is 6.07 Å². The molecule has 1 atom stereocenters. The quantitative estimate of drug-likeness (QED) is 0.570. The summed E-state index contributed by atoms with van der Waals surface area (Å²) in [6, 6.07) is 6.65. The summed E-state index contributed by atoms with van der Waals surface area (Å²) in [5.74, 6) is 0.00923. The van der Waals surface area contributed by atoms with Crippen molar-refractivity contribution >= 4 is 10.9 Å². The third kappa shape index (κ3) is 3.14. The second-order valence-corrected chi connectivity index (χ2v) is 5.73. The van der Waals surface area contributed by atoms with Gasteiger partial charge in [0, 0.05) is 24.0 Å². The second-order valence-electron chi connectivity index (χ2n) is 5.73. The van der Waals surface area contributed by atoms with Crippen molar-refractivity contribution in [3.8, 4) is 5.75 Å². The van der Waals surface area contributed by atoms with Crippen molar-refractivity contribution in [3.63, 3.8) is 0 Å². The standard InChI is InChI=1S/C16H21N3O3/c20-13-3-1-11(12-2-4-15(22)19-16(12)13)14(21)9-18-10-5-7-17-8-6-10/h1-4,10,14,17-18,20-21H,5-9H2,(H,19,22)/t14-/m0/s1. The number of aliphatic hydroxyl groups is 1. The maximum absolute atomic E-state index is 11.4. The van der Waals surface area contributed by atoms with Crippen molar-refractivity contribution in [3.05, 3.63) is 40.2 Å². The fourth-order valence-corrected chi connectivity index (χ4v) is 2.96. The van der Waals surface area contributed by atoms with E-state index in [9.17, 15) is 15.0 Å². The SMILES string of the molecule is O=c1ccc2c([C@@H](O)CNC3CCNCC3)ccc(O)c2[nH]1. The normalized spacial score (nSPS) is 17.7. The molecule has 2 aromatic rings. The molecule has 0 unspecified atom stereocenters. The maximum atomic E-state index is 11.4. The summed E-state index contributed by atoms with van der Waals surface area (Å²) in [4.78, 5) is 14.0. The number of aromatic nitrogens is 1. The summed E-state index contributed by atoms with van der Waals surface area (Å²) in [6.07, 6.45) is 1.41. The average Bonchev–Trinajstić information content (AvgIpc) is 2.54. The zero-order chi connectivity index (χ0) is 15.5. The van der Waals surface area contributed by atoms with E-state index in [0.29, 0.717) is 29.1 Å². The van der Waals surface area contributed by atoms with E-state index in [-0.39, 0.29) is 11.3 Å². The summed E-state index contributed by atoms with van der Waals surface area (Å²) in [5, 5.41) is 27.7. The Morgan fingerprint density at radius 3 is 2.77 bits per heavy atom. The number of piperidine rings is 1. The van der Waals surface area contributed by atoms with E-state index in [1.54, 1.807) is 12.1 Å².